The minimum Gasteiger partial charge on any atom is -0.508 e. The van der Waals surface area contributed by atoms with E-state index in [1.165, 1.54) is 23.9 Å². The number of aromatic amines is 1. The van der Waals surface area contributed by atoms with Crippen molar-refractivity contribution in [3.63, 3.8) is 0 Å². The van der Waals surface area contributed by atoms with Gasteiger partial charge in [0.1, 0.15) is 23.9 Å². The lowest BCUT2D eigenvalue weighted by Crippen LogP contribution is -2.58. The topological polar surface area (TPSA) is 187 Å². The van der Waals surface area contributed by atoms with Gasteiger partial charge in [-0.15, -0.1) is 0 Å². The van der Waals surface area contributed by atoms with Crippen LogP contribution in [0, 0.1) is 5.92 Å². The van der Waals surface area contributed by atoms with E-state index < -0.39 is 47.9 Å². The van der Waals surface area contributed by atoms with Crippen molar-refractivity contribution in [1.29, 1.82) is 0 Å². The van der Waals surface area contributed by atoms with Gasteiger partial charge in [0.2, 0.25) is 17.7 Å². The van der Waals surface area contributed by atoms with Gasteiger partial charge in [-0.2, -0.15) is 11.8 Å². The zero-order chi connectivity index (χ0) is 31.5. The molecule has 3 aromatic rings. The molecule has 0 bridgehead atoms. The Labute approximate surface area is 255 Å². The number of nitrogens with two attached hydrogens (primary N) is 1. The molecule has 3 rings (SSSR count). The number of carboxylic acids is 1. The summed E-state index contributed by atoms with van der Waals surface area (Å²) in [7, 11) is 0. The number of hydrogen-bond donors (Lipinski definition) is 7. The smallest absolute Gasteiger partial charge is 0.326 e. The van der Waals surface area contributed by atoms with Crippen LogP contribution in [0.4, 0.5) is 0 Å². The summed E-state index contributed by atoms with van der Waals surface area (Å²) in [5.74, 6) is -2.23. The standard InChI is InChI=1S/C31H41N5O6S/c1-18(2)14-27(31(41)42)36-29(39)25(12-13-43-3)34-30(40)26(16-20-17-33-24-7-5-4-6-22(20)24)35-28(38)23(32)15-19-8-10-21(37)11-9-19/h4-11,17-18,23,25-27,33,37H,12-16,32H2,1-3H3,(H,34,40)(H,35,38)(H,36,39)(H,41,42). The number of carboxylic acid groups (broad SMARTS) is 1. The number of rotatable bonds is 16. The molecule has 0 aliphatic carbocycles. The van der Waals surface area contributed by atoms with E-state index in [2.05, 4.69) is 20.9 Å². The second-order valence-corrected chi connectivity index (χ2v) is 12.0. The number of aromatic hydroxyl groups is 1. The largest absolute Gasteiger partial charge is 0.508 e. The van der Waals surface area contributed by atoms with Gasteiger partial charge in [-0.05, 0) is 66.5 Å². The highest BCUT2D eigenvalue weighted by Gasteiger charge is 2.31. The average molecular weight is 612 g/mol. The van der Waals surface area contributed by atoms with Crippen molar-refractivity contribution in [2.45, 2.75) is 63.7 Å². The van der Waals surface area contributed by atoms with E-state index in [0.29, 0.717) is 5.75 Å². The first-order valence-electron chi connectivity index (χ1n) is 14.2. The van der Waals surface area contributed by atoms with Crippen LogP contribution in [0.2, 0.25) is 0 Å². The third-order valence-corrected chi connectivity index (χ3v) is 7.67. The number of hydrogen-bond acceptors (Lipinski definition) is 7. The number of phenolic OH excluding ortho intramolecular Hbond substituents is 1. The van der Waals surface area contributed by atoms with E-state index in [9.17, 15) is 29.4 Å². The molecule has 1 aromatic heterocycles. The quantitative estimate of drug-likeness (QED) is 0.129. The van der Waals surface area contributed by atoms with Gasteiger partial charge in [0, 0.05) is 23.5 Å². The Morgan fingerprint density at radius 1 is 0.884 bits per heavy atom. The molecule has 8 N–H and O–H groups in total. The SMILES string of the molecule is CSCCC(NC(=O)C(Cc1c[nH]c2ccccc12)NC(=O)C(N)Cc1ccc(O)cc1)C(=O)NC(CC(C)C)C(=O)O. The Morgan fingerprint density at radius 2 is 1.51 bits per heavy atom. The van der Waals surface area contributed by atoms with Gasteiger partial charge in [0.25, 0.3) is 0 Å². The molecule has 0 aliphatic rings. The maximum Gasteiger partial charge on any atom is 0.326 e. The Hall–Kier alpha value is -4.03. The van der Waals surface area contributed by atoms with Crippen molar-refractivity contribution in [2.75, 3.05) is 12.0 Å². The van der Waals surface area contributed by atoms with Gasteiger partial charge in [0.05, 0.1) is 6.04 Å². The number of benzene rings is 2. The predicted molar refractivity (Wildman–Crippen MR) is 168 cm³/mol. The van der Waals surface area contributed by atoms with Gasteiger partial charge in [-0.25, -0.2) is 4.79 Å². The zero-order valence-corrected chi connectivity index (χ0v) is 25.4. The Bertz CT molecular complexity index is 1390. The van der Waals surface area contributed by atoms with Crippen LogP contribution in [-0.2, 0) is 32.0 Å². The number of thioether (sulfide) groups is 1. The Balaban J connectivity index is 1.82. The summed E-state index contributed by atoms with van der Waals surface area (Å²) >= 11 is 1.49. The number of phenols is 1. The molecule has 0 fully saturated rings. The molecule has 0 aliphatic heterocycles. The van der Waals surface area contributed by atoms with Crippen LogP contribution < -0.4 is 21.7 Å². The Morgan fingerprint density at radius 3 is 2.16 bits per heavy atom. The molecule has 0 spiro atoms. The van der Waals surface area contributed by atoms with Crippen LogP contribution in [0.1, 0.15) is 37.8 Å². The summed E-state index contributed by atoms with van der Waals surface area (Å²) in [5, 5.41) is 28.1. The first kappa shape index (κ1) is 33.5. The Kier molecular flexibility index (Phi) is 12.4. The number of H-pyrrole nitrogens is 1. The molecule has 0 saturated carbocycles. The molecule has 1 heterocycles. The second kappa shape index (κ2) is 16.0. The summed E-state index contributed by atoms with van der Waals surface area (Å²) in [6.45, 7) is 3.72. The molecule has 0 saturated heterocycles. The number of aromatic nitrogens is 1. The fraction of sp³-hybridized carbons (Fsp3) is 0.419. The van der Waals surface area contributed by atoms with Crippen molar-refractivity contribution >= 4 is 46.4 Å². The highest BCUT2D eigenvalue weighted by molar-refractivity contribution is 7.98. The zero-order valence-electron chi connectivity index (χ0n) is 24.6. The normalized spacial score (nSPS) is 14.1. The number of aliphatic carboxylic acids is 1. The van der Waals surface area contributed by atoms with E-state index in [1.54, 1.807) is 18.3 Å². The monoisotopic (exact) mass is 611 g/mol. The van der Waals surface area contributed by atoms with Crippen molar-refractivity contribution in [2.24, 2.45) is 11.7 Å². The van der Waals surface area contributed by atoms with Crippen LogP contribution in [0.5, 0.6) is 5.75 Å². The van der Waals surface area contributed by atoms with Crippen LogP contribution in [0.3, 0.4) is 0 Å². The molecule has 2 aromatic carbocycles. The summed E-state index contributed by atoms with van der Waals surface area (Å²) in [6.07, 6.45) is 4.44. The fourth-order valence-corrected chi connectivity index (χ4v) is 5.20. The highest BCUT2D eigenvalue weighted by atomic mass is 32.2. The maximum absolute atomic E-state index is 13.7. The van der Waals surface area contributed by atoms with Gasteiger partial charge in [0.15, 0.2) is 0 Å². The summed E-state index contributed by atoms with van der Waals surface area (Å²) in [5.41, 5.74) is 8.60. The summed E-state index contributed by atoms with van der Waals surface area (Å²) in [6, 6.07) is 9.74. The van der Waals surface area contributed by atoms with Crippen molar-refractivity contribution in [1.82, 2.24) is 20.9 Å². The van der Waals surface area contributed by atoms with Crippen LogP contribution in [0.15, 0.2) is 54.7 Å². The molecule has 11 nitrogen and oxygen atoms in total. The molecule has 4 unspecified atom stereocenters. The lowest BCUT2D eigenvalue weighted by Gasteiger charge is -2.25. The molecule has 4 atom stereocenters. The molecule has 43 heavy (non-hydrogen) atoms. The lowest BCUT2D eigenvalue weighted by molar-refractivity contribution is -0.142. The molecule has 0 radical (unpaired) electrons. The number of carbonyl (C=O) groups excluding carboxylic acids is 3. The summed E-state index contributed by atoms with van der Waals surface area (Å²) in [4.78, 5) is 55.1. The van der Waals surface area contributed by atoms with Crippen LogP contribution in [-0.4, -0.2) is 75.1 Å². The van der Waals surface area contributed by atoms with Crippen LogP contribution >= 0.6 is 11.8 Å². The van der Waals surface area contributed by atoms with E-state index in [4.69, 9.17) is 5.73 Å². The number of para-hydroxylation sites is 1. The molecular formula is C31H41N5O6S. The number of nitrogens with one attached hydrogen (secondary N) is 4. The van der Waals surface area contributed by atoms with Crippen molar-refractivity contribution < 1.29 is 29.4 Å². The predicted octanol–water partition coefficient (Wildman–Crippen LogP) is 2.32. The molecular weight excluding hydrogens is 570 g/mol. The van der Waals surface area contributed by atoms with Gasteiger partial charge >= 0.3 is 5.97 Å². The van der Waals surface area contributed by atoms with Crippen molar-refractivity contribution in [3.8, 4) is 5.75 Å². The number of carbonyl (C=O) groups is 4. The molecule has 3 amide bonds. The van der Waals surface area contributed by atoms with E-state index in [1.807, 2.05) is 44.4 Å². The van der Waals surface area contributed by atoms with Gasteiger partial charge in [-0.1, -0.05) is 44.2 Å². The first-order chi connectivity index (χ1) is 20.5. The third kappa shape index (κ3) is 10.0. The minimum atomic E-state index is -1.15. The van der Waals surface area contributed by atoms with Gasteiger partial charge in [-0.3, -0.25) is 14.4 Å². The third-order valence-electron chi connectivity index (χ3n) is 7.03. The maximum atomic E-state index is 13.7. The van der Waals surface area contributed by atoms with E-state index in [0.717, 1.165) is 22.0 Å². The fourth-order valence-electron chi connectivity index (χ4n) is 4.73. The first-order valence-corrected chi connectivity index (χ1v) is 15.6. The molecule has 12 heteroatoms. The highest BCUT2D eigenvalue weighted by Crippen LogP contribution is 2.20. The lowest BCUT2D eigenvalue weighted by atomic mass is 10.0. The minimum absolute atomic E-state index is 0.0298. The second-order valence-electron chi connectivity index (χ2n) is 11.0. The van der Waals surface area contributed by atoms with Gasteiger partial charge < -0.3 is 36.9 Å². The summed E-state index contributed by atoms with van der Waals surface area (Å²) < 4.78 is 0. The number of amides is 3. The number of fused-ring (bicyclic) bond motifs is 1. The van der Waals surface area contributed by atoms with Crippen LogP contribution in [0.25, 0.3) is 10.9 Å². The van der Waals surface area contributed by atoms with Crippen molar-refractivity contribution in [3.05, 3.63) is 65.9 Å². The average Bonchev–Trinajstić information content (AvgIpc) is 3.37. The van der Waals surface area contributed by atoms with E-state index >= 15 is 0 Å². The molecule has 232 valence electrons. The van der Waals surface area contributed by atoms with E-state index in [-0.39, 0.29) is 37.4 Å².